The normalized spacial score (nSPS) is 16.6. The molecule has 4 nitrogen and oxygen atoms in total. The SMILES string of the molecule is [2H]c1c([2H])c(-n2c3c([2H])c([2H])c([2H])c([2H])c3c3c([2H])c([2H])c([2H])c([2H])c32)c([2H])c2c1B1c3c(cc(-c4cc(C(C)(C)C)cc(C(C)(C)C)c4)cc3N(c3ccc(C(C)(C)C)cc3-c3ccccc3)c3c([2H])c(-n4c5c([2H])c([2H])c([2H])c([2H])c5c5c([2H])c([2H])c([2H])c([2H])c54)c([2H])c([2H])c31)N2c1ccc(C(C)(C)C)cc1-c1ccccc1. The summed E-state index contributed by atoms with van der Waals surface area (Å²) in [6, 6.07) is 25.8. The first kappa shape index (κ1) is 38.7. The third-order valence-corrected chi connectivity index (χ3v) is 18.4. The molecule has 0 saturated heterocycles. The Labute approximate surface area is 580 Å². The third-order valence-electron chi connectivity index (χ3n) is 18.4. The molecule has 0 radical (unpaired) electrons. The van der Waals surface area contributed by atoms with Crippen molar-refractivity contribution in [2.75, 3.05) is 9.80 Å². The van der Waals surface area contributed by atoms with Crippen LogP contribution in [0, 0.1) is 0 Å². The molecule has 0 fully saturated rings. The van der Waals surface area contributed by atoms with Crippen molar-refractivity contribution in [2.45, 2.75) is 105 Å². The molecule has 0 unspecified atom stereocenters. The number of nitrogens with zero attached hydrogens (tertiary/aromatic N) is 4. The number of fused-ring (bicyclic) bond motifs is 10. The zero-order valence-electron chi connectivity index (χ0n) is 76.0. The fourth-order valence-corrected chi connectivity index (χ4v) is 13.5. The monoisotopic (exact) mass is 1220 g/mol. The van der Waals surface area contributed by atoms with E-state index in [1.54, 1.807) is 0 Å². The first-order chi connectivity index (χ1) is 53.8. The summed E-state index contributed by atoms with van der Waals surface area (Å²) in [6.45, 7) is 23.6. The van der Waals surface area contributed by atoms with Crippen molar-refractivity contribution in [2.24, 2.45) is 0 Å². The summed E-state index contributed by atoms with van der Waals surface area (Å²) in [5, 5.41) is -1.37. The second kappa shape index (κ2) is 21.2. The van der Waals surface area contributed by atoms with Crippen LogP contribution in [0.3, 0.4) is 0 Å². The van der Waals surface area contributed by atoms with Gasteiger partial charge in [-0.15, -0.1) is 0 Å². The molecule has 14 aromatic rings. The first-order valence-corrected chi connectivity index (χ1v) is 31.5. The predicted molar refractivity (Wildman–Crippen MR) is 400 cm³/mol. The van der Waals surface area contributed by atoms with Crippen molar-refractivity contribution in [3.63, 3.8) is 0 Å². The van der Waals surface area contributed by atoms with Crippen molar-refractivity contribution in [1.82, 2.24) is 9.13 Å². The van der Waals surface area contributed by atoms with Crippen molar-refractivity contribution >= 4 is 101 Å². The van der Waals surface area contributed by atoms with Crippen LogP contribution >= 0.6 is 0 Å². The molecule has 2 aliphatic heterocycles. The van der Waals surface area contributed by atoms with Gasteiger partial charge in [-0.2, -0.15) is 0 Å². The van der Waals surface area contributed by atoms with E-state index >= 15 is 0 Å². The zero-order chi connectivity index (χ0) is 83.2. The highest BCUT2D eigenvalue weighted by Gasteiger charge is 2.45. The molecular weight excluding hydrogens is 1120 g/mol. The lowest BCUT2D eigenvalue weighted by Gasteiger charge is -2.45. The molecule has 5 heteroatoms. The van der Waals surface area contributed by atoms with Crippen LogP contribution < -0.4 is 26.2 Å². The molecule has 0 atom stereocenters. The third kappa shape index (κ3) is 9.56. The number of rotatable bonds is 7. The Hall–Kier alpha value is -10.1. The first-order valence-electron chi connectivity index (χ1n) is 42.5. The van der Waals surface area contributed by atoms with Gasteiger partial charge in [-0.05, 0) is 167 Å². The Morgan fingerprint density at radius 2 is 0.645 bits per heavy atom. The van der Waals surface area contributed by atoms with Crippen molar-refractivity contribution in [3.8, 4) is 44.8 Å². The van der Waals surface area contributed by atoms with Crippen LogP contribution in [0.25, 0.3) is 88.4 Å². The van der Waals surface area contributed by atoms with Gasteiger partial charge in [0.2, 0.25) is 0 Å². The molecule has 12 aromatic carbocycles. The van der Waals surface area contributed by atoms with Gasteiger partial charge in [0.05, 0.1) is 63.6 Å². The van der Waals surface area contributed by atoms with Gasteiger partial charge in [-0.25, -0.2) is 0 Å². The Morgan fingerprint density at radius 3 is 1.00 bits per heavy atom. The van der Waals surface area contributed by atoms with E-state index in [1.807, 2.05) is 107 Å². The maximum Gasteiger partial charge on any atom is 0.252 e. The number of aromatic nitrogens is 2. The van der Waals surface area contributed by atoms with E-state index in [9.17, 15) is 24.7 Å². The molecular formula is C88H79BN4. The van der Waals surface area contributed by atoms with Gasteiger partial charge < -0.3 is 18.9 Å². The minimum atomic E-state index is -1.60. The lowest BCUT2D eigenvalue weighted by molar-refractivity contribution is 0.569. The number of benzene rings is 12. The molecule has 0 N–H and O–H groups in total. The summed E-state index contributed by atoms with van der Waals surface area (Å²) in [5.74, 6) is 0. The summed E-state index contributed by atoms with van der Waals surface area (Å²) in [4.78, 5) is 3.68. The highest BCUT2D eigenvalue weighted by molar-refractivity contribution is 7.00. The largest absolute Gasteiger partial charge is 0.311 e. The molecule has 0 bridgehead atoms. The van der Waals surface area contributed by atoms with Gasteiger partial charge >= 0.3 is 0 Å². The fraction of sp³-hybridized carbons (Fsp3) is 0.182. The van der Waals surface area contributed by atoms with Crippen LogP contribution in [0.4, 0.5) is 34.1 Å². The zero-order valence-corrected chi connectivity index (χ0v) is 54.0. The quantitative estimate of drug-likeness (QED) is 0.148. The van der Waals surface area contributed by atoms with Gasteiger partial charge in [-0.3, -0.25) is 0 Å². The molecule has 2 aliphatic rings. The molecule has 0 amide bonds. The van der Waals surface area contributed by atoms with Gasteiger partial charge in [0, 0.05) is 66.8 Å². The molecule has 16 rings (SSSR count). The van der Waals surface area contributed by atoms with Crippen molar-refractivity contribution in [3.05, 3.63) is 283 Å². The predicted octanol–water partition coefficient (Wildman–Crippen LogP) is 22.2. The smallest absolute Gasteiger partial charge is 0.252 e. The maximum atomic E-state index is 11.5. The number of para-hydroxylation sites is 4. The number of hydrogen-bond acceptors (Lipinski definition) is 2. The average molecular weight is 1230 g/mol. The summed E-state index contributed by atoms with van der Waals surface area (Å²) >= 11 is 0. The van der Waals surface area contributed by atoms with Crippen LogP contribution in [0.15, 0.2) is 260 Å². The van der Waals surface area contributed by atoms with Crippen LogP contribution in [0.5, 0.6) is 0 Å². The van der Waals surface area contributed by atoms with E-state index in [4.69, 9.17) is 5.48 Å². The Kier molecular flexibility index (Phi) is 8.83. The van der Waals surface area contributed by atoms with Gasteiger partial charge in [0.1, 0.15) is 0 Å². The topological polar surface area (TPSA) is 16.3 Å². The van der Waals surface area contributed by atoms with Crippen LogP contribution in [0.2, 0.25) is 0 Å². The second-order valence-corrected chi connectivity index (χ2v) is 28.6. The molecule has 0 spiro atoms. The fourth-order valence-electron chi connectivity index (χ4n) is 13.5. The summed E-state index contributed by atoms with van der Waals surface area (Å²) in [7, 11) is 0. The van der Waals surface area contributed by atoms with Gasteiger partial charge in [0.15, 0.2) is 0 Å². The van der Waals surface area contributed by atoms with Gasteiger partial charge in [0.25, 0.3) is 6.71 Å². The summed E-state index contributed by atoms with van der Waals surface area (Å²) < 4.78 is 220. The Morgan fingerprint density at radius 1 is 0.301 bits per heavy atom. The lowest BCUT2D eigenvalue weighted by atomic mass is 9.33. The lowest BCUT2D eigenvalue weighted by Crippen LogP contribution is -2.61. The number of hydrogen-bond donors (Lipinski definition) is 0. The van der Waals surface area contributed by atoms with Crippen molar-refractivity contribution in [1.29, 1.82) is 0 Å². The van der Waals surface area contributed by atoms with E-state index in [0.29, 0.717) is 61.6 Å². The van der Waals surface area contributed by atoms with E-state index in [2.05, 4.69) is 113 Å². The average Bonchev–Trinajstić information content (AvgIpc) is 1.68. The van der Waals surface area contributed by atoms with E-state index < -0.39 is 195 Å². The molecule has 0 aliphatic carbocycles. The van der Waals surface area contributed by atoms with E-state index in [-0.39, 0.29) is 43.8 Å². The highest BCUT2D eigenvalue weighted by Crippen LogP contribution is 2.52. The maximum absolute atomic E-state index is 11.5. The second-order valence-electron chi connectivity index (χ2n) is 28.6. The minimum Gasteiger partial charge on any atom is -0.311 e. The molecule has 4 heterocycles. The van der Waals surface area contributed by atoms with E-state index in [1.165, 1.54) is 0 Å². The van der Waals surface area contributed by atoms with E-state index in [0.717, 1.165) is 31.4 Å². The molecule has 0 saturated carbocycles. The van der Waals surface area contributed by atoms with Crippen LogP contribution in [-0.2, 0) is 21.7 Å². The summed E-state index contributed by atoms with van der Waals surface area (Å²) in [6.07, 6.45) is 0. The Balaban J connectivity index is 1.20. The highest BCUT2D eigenvalue weighted by atomic mass is 15.2. The van der Waals surface area contributed by atoms with Crippen molar-refractivity contribution < 1.29 is 30.2 Å². The minimum absolute atomic E-state index is 0.138. The molecule has 2 aromatic heterocycles. The van der Waals surface area contributed by atoms with Gasteiger partial charge in [-0.1, -0.05) is 259 Å². The molecule has 93 heavy (non-hydrogen) atoms. The number of anilines is 6. The van der Waals surface area contributed by atoms with Crippen LogP contribution in [0.1, 0.15) is 135 Å². The summed E-state index contributed by atoms with van der Waals surface area (Å²) in [5.41, 5.74) is 4.08. The van der Waals surface area contributed by atoms with Crippen LogP contribution in [-0.4, -0.2) is 15.8 Å². The molecule has 454 valence electrons. The Bertz CT molecular complexity index is 6140. The standard InChI is InChI=1S/C88H79BN4/c1-85(2,3)60-39-45-78(70(52-60)56-27-15-13-16-28-56)92-80-54-64(90-74-35-23-19-31-66(74)67-32-20-24-36-75(67)90)41-43-72(80)89-73-44-42-65(91-76-37-25-21-33-68(76)69-34-22-26-38-77(69)91)55-81(73)93(79-46-40-61(86(4,5)6)53-71(79)57-29-17-14-18-30-57)83-50-59(49-82(92)84(83)89)58-47-62(87(7,8)9)51-63(48-58)88(10,11)12/h13-55H,1-12H3/i19D,20D,21D,22D,23D,24D,25D,26D,31D,32D,33D,34D,35D,36D,37D,38D,41D,42D,43D,44D,54D,55D.